The van der Waals surface area contributed by atoms with Crippen molar-refractivity contribution in [1.82, 2.24) is 25.1 Å². The van der Waals surface area contributed by atoms with Gasteiger partial charge in [0.25, 0.3) is 5.91 Å². The molecule has 1 fully saturated rings. The summed E-state index contributed by atoms with van der Waals surface area (Å²) in [5, 5.41) is 8.05. The van der Waals surface area contributed by atoms with Crippen molar-refractivity contribution >= 4 is 5.91 Å². The van der Waals surface area contributed by atoms with Crippen LogP contribution in [0.15, 0.2) is 57.6 Å². The van der Waals surface area contributed by atoms with Gasteiger partial charge in [0.1, 0.15) is 18.1 Å². The highest BCUT2D eigenvalue weighted by Crippen LogP contribution is 2.20. The molecule has 36 heavy (non-hydrogen) atoms. The Labute approximate surface area is 209 Å². The summed E-state index contributed by atoms with van der Waals surface area (Å²) in [6.07, 6.45) is 0. The number of ether oxygens (including phenoxy) is 1. The second-order valence-corrected chi connectivity index (χ2v) is 9.06. The summed E-state index contributed by atoms with van der Waals surface area (Å²) in [6.45, 7) is 9.51. The van der Waals surface area contributed by atoms with E-state index >= 15 is 0 Å². The Hall–Kier alpha value is -3.98. The van der Waals surface area contributed by atoms with Crippen molar-refractivity contribution in [3.05, 3.63) is 82.6 Å². The largest absolute Gasteiger partial charge is 0.489 e. The van der Waals surface area contributed by atoms with Crippen LogP contribution in [0.2, 0.25) is 0 Å². The molecule has 3 heterocycles. The third-order valence-electron chi connectivity index (χ3n) is 6.46. The fourth-order valence-corrected chi connectivity index (χ4v) is 4.18. The van der Waals surface area contributed by atoms with Crippen molar-refractivity contribution < 1.29 is 18.6 Å². The van der Waals surface area contributed by atoms with Gasteiger partial charge in [-0.15, -0.1) is 0 Å². The number of aryl methyl sites for hydroxylation is 3. The Morgan fingerprint density at radius 3 is 2.31 bits per heavy atom. The van der Waals surface area contributed by atoms with Crippen molar-refractivity contribution in [2.45, 2.75) is 33.9 Å². The first-order valence-electron chi connectivity index (χ1n) is 12.0. The van der Waals surface area contributed by atoms with E-state index in [2.05, 4.69) is 20.2 Å². The topological polar surface area (TPSA) is 97.7 Å². The predicted octanol–water partition coefficient (Wildman–Crippen LogP) is 4.19. The van der Waals surface area contributed by atoms with E-state index in [0.717, 1.165) is 35.7 Å². The maximum Gasteiger partial charge on any atom is 0.253 e. The van der Waals surface area contributed by atoms with Crippen molar-refractivity contribution in [3.63, 3.8) is 0 Å². The zero-order valence-electron chi connectivity index (χ0n) is 20.7. The standard InChI is InChI=1S/C27H29N5O4/c1-18-4-6-21(7-5-18)26-28-25(36-30-26)16-31-12-14-32(15-13-31)27(33)22-8-10-23(11-9-22)34-17-24-19(2)29-35-20(24)3/h4-11H,12-17H2,1-3H3. The lowest BCUT2D eigenvalue weighted by molar-refractivity contribution is 0.0615. The second-order valence-electron chi connectivity index (χ2n) is 9.06. The summed E-state index contributed by atoms with van der Waals surface area (Å²) in [6, 6.07) is 15.3. The lowest BCUT2D eigenvalue weighted by atomic mass is 10.1. The van der Waals surface area contributed by atoms with Crippen LogP contribution in [0.3, 0.4) is 0 Å². The molecule has 4 aromatic rings. The van der Waals surface area contributed by atoms with E-state index in [-0.39, 0.29) is 5.91 Å². The summed E-state index contributed by atoms with van der Waals surface area (Å²) < 4.78 is 16.5. The summed E-state index contributed by atoms with van der Waals surface area (Å²) in [5.74, 6) is 2.65. The van der Waals surface area contributed by atoms with Crippen molar-refractivity contribution in [2.24, 2.45) is 0 Å². The number of amides is 1. The molecule has 9 nitrogen and oxygen atoms in total. The lowest BCUT2D eigenvalue weighted by Crippen LogP contribution is -2.48. The first-order valence-corrected chi connectivity index (χ1v) is 12.0. The van der Waals surface area contributed by atoms with E-state index in [4.69, 9.17) is 13.8 Å². The van der Waals surface area contributed by atoms with Crippen LogP contribution in [0.1, 0.15) is 38.8 Å². The van der Waals surface area contributed by atoms with Gasteiger partial charge in [-0.05, 0) is 45.0 Å². The molecule has 186 valence electrons. The Balaban J connectivity index is 1.11. The molecule has 0 atom stereocenters. The van der Waals surface area contributed by atoms with E-state index in [0.29, 0.717) is 49.3 Å². The highest BCUT2D eigenvalue weighted by atomic mass is 16.5. The lowest BCUT2D eigenvalue weighted by Gasteiger charge is -2.34. The fourth-order valence-electron chi connectivity index (χ4n) is 4.18. The number of hydrogen-bond acceptors (Lipinski definition) is 8. The molecule has 0 aliphatic carbocycles. The highest BCUT2D eigenvalue weighted by molar-refractivity contribution is 5.94. The number of carbonyl (C=O) groups excluding carboxylic acids is 1. The fraction of sp³-hybridized carbons (Fsp3) is 0.333. The molecule has 1 aliphatic heterocycles. The molecule has 0 radical (unpaired) electrons. The minimum absolute atomic E-state index is 0.0198. The van der Waals surface area contributed by atoms with Crippen molar-refractivity contribution in [1.29, 1.82) is 0 Å². The minimum atomic E-state index is 0.0198. The Kier molecular flexibility index (Phi) is 6.81. The van der Waals surface area contributed by atoms with E-state index in [1.807, 2.05) is 74.2 Å². The van der Waals surface area contributed by atoms with Gasteiger partial charge < -0.3 is 18.7 Å². The summed E-state index contributed by atoms with van der Waals surface area (Å²) >= 11 is 0. The van der Waals surface area contributed by atoms with Crippen LogP contribution in [0.25, 0.3) is 11.4 Å². The van der Waals surface area contributed by atoms with Crippen LogP contribution < -0.4 is 4.74 Å². The summed E-state index contributed by atoms with van der Waals surface area (Å²) in [7, 11) is 0. The third kappa shape index (κ3) is 5.31. The number of rotatable bonds is 7. The molecule has 1 saturated heterocycles. The molecule has 2 aromatic heterocycles. The van der Waals surface area contributed by atoms with E-state index in [1.54, 1.807) is 0 Å². The molecule has 1 aliphatic rings. The van der Waals surface area contributed by atoms with Crippen molar-refractivity contribution in [2.75, 3.05) is 26.2 Å². The quantitative estimate of drug-likeness (QED) is 0.383. The zero-order valence-corrected chi connectivity index (χ0v) is 20.7. The Morgan fingerprint density at radius 1 is 0.917 bits per heavy atom. The molecule has 0 bridgehead atoms. The molecule has 5 rings (SSSR count). The second kappa shape index (κ2) is 10.3. The van der Waals surface area contributed by atoms with Gasteiger partial charge >= 0.3 is 0 Å². The molecule has 0 saturated carbocycles. The van der Waals surface area contributed by atoms with Gasteiger partial charge in [-0.3, -0.25) is 9.69 Å². The third-order valence-corrected chi connectivity index (χ3v) is 6.46. The molecular formula is C27H29N5O4. The van der Waals surface area contributed by atoms with Crippen LogP contribution >= 0.6 is 0 Å². The maximum absolute atomic E-state index is 13.0. The van der Waals surface area contributed by atoms with E-state index in [1.165, 1.54) is 5.56 Å². The molecule has 0 N–H and O–H groups in total. The number of carbonyl (C=O) groups is 1. The average Bonchev–Trinajstić information content (AvgIpc) is 3.49. The van der Waals surface area contributed by atoms with Gasteiger partial charge in [0.05, 0.1) is 17.8 Å². The minimum Gasteiger partial charge on any atom is -0.489 e. The molecule has 0 unspecified atom stereocenters. The summed E-state index contributed by atoms with van der Waals surface area (Å²) in [5.41, 5.74) is 4.54. The van der Waals surface area contributed by atoms with Gasteiger partial charge in [-0.1, -0.05) is 40.1 Å². The molecular weight excluding hydrogens is 458 g/mol. The van der Waals surface area contributed by atoms with Crippen molar-refractivity contribution in [3.8, 4) is 17.1 Å². The van der Waals surface area contributed by atoms with Crippen LogP contribution in [0.5, 0.6) is 5.75 Å². The van der Waals surface area contributed by atoms with E-state index < -0.39 is 0 Å². The highest BCUT2D eigenvalue weighted by Gasteiger charge is 2.23. The van der Waals surface area contributed by atoms with Gasteiger partial charge in [-0.25, -0.2) is 0 Å². The smallest absolute Gasteiger partial charge is 0.253 e. The number of hydrogen-bond donors (Lipinski definition) is 0. The number of benzene rings is 2. The predicted molar refractivity (Wildman–Crippen MR) is 132 cm³/mol. The van der Waals surface area contributed by atoms with Gasteiger partial charge in [0, 0.05) is 37.3 Å². The SMILES string of the molecule is Cc1ccc(-c2noc(CN3CCN(C(=O)c4ccc(OCc5c(C)noc5C)cc4)CC3)n2)cc1. The Bertz CT molecular complexity index is 1300. The average molecular weight is 488 g/mol. The normalized spacial score (nSPS) is 14.2. The van der Waals surface area contributed by atoms with Crippen LogP contribution in [0, 0.1) is 20.8 Å². The number of aromatic nitrogens is 3. The van der Waals surface area contributed by atoms with E-state index in [9.17, 15) is 4.79 Å². The molecule has 2 aromatic carbocycles. The van der Waals surface area contributed by atoms with Crippen LogP contribution in [-0.2, 0) is 13.2 Å². The first kappa shape index (κ1) is 23.7. The Morgan fingerprint density at radius 2 is 1.64 bits per heavy atom. The first-order chi connectivity index (χ1) is 17.5. The number of piperazine rings is 1. The number of nitrogens with zero attached hydrogens (tertiary/aromatic N) is 5. The molecule has 9 heteroatoms. The zero-order chi connectivity index (χ0) is 25.1. The maximum atomic E-state index is 13.0. The van der Waals surface area contributed by atoms with Crippen LogP contribution in [0.4, 0.5) is 0 Å². The monoisotopic (exact) mass is 487 g/mol. The van der Waals surface area contributed by atoms with Crippen LogP contribution in [-0.4, -0.2) is 57.2 Å². The molecule has 0 spiro atoms. The van der Waals surface area contributed by atoms with Gasteiger partial charge in [0.15, 0.2) is 0 Å². The molecule has 1 amide bonds. The van der Waals surface area contributed by atoms with Gasteiger partial charge in [-0.2, -0.15) is 4.98 Å². The van der Waals surface area contributed by atoms with Gasteiger partial charge in [0.2, 0.25) is 11.7 Å². The summed E-state index contributed by atoms with van der Waals surface area (Å²) in [4.78, 5) is 21.6.